The van der Waals surface area contributed by atoms with Crippen molar-refractivity contribution in [3.8, 4) is 0 Å². The van der Waals surface area contributed by atoms with Crippen LogP contribution in [0, 0.1) is 0 Å². The molecule has 0 aromatic rings. The molecule has 3 N–H and O–H groups in total. The first kappa shape index (κ1) is 12.9. The highest BCUT2D eigenvalue weighted by Crippen LogP contribution is 2.26. The van der Waals surface area contributed by atoms with Gasteiger partial charge >= 0.3 is 0 Å². The van der Waals surface area contributed by atoms with Crippen LogP contribution in [-0.4, -0.2) is 37.9 Å². The lowest BCUT2D eigenvalue weighted by molar-refractivity contribution is 0.220. The Labute approximate surface area is 92.2 Å². The van der Waals surface area contributed by atoms with Gasteiger partial charge in [0.2, 0.25) is 0 Å². The first-order valence-electron chi connectivity index (χ1n) is 5.46. The zero-order valence-corrected chi connectivity index (χ0v) is 10.3. The van der Waals surface area contributed by atoms with Crippen LogP contribution in [-0.2, 0) is 10.2 Å². The van der Waals surface area contributed by atoms with Gasteiger partial charge in [-0.05, 0) is 26.7 Å². The molecule has 1 aliphatic rings. The standard InChI is InChI=1S/C9H21N3O2S/c1-8(2)11-15(13,14)12(7-6-10)9-4-3-5-9/h8-9,11H,3-7,10H2,1-2H3. The van der Waals surface area contributed by atoms with Gasteiger partial charge in [0.15, 0.2) is 0 Å². The zero-order chi connectivity index (χ0) is 11.5. The van der Waals surface area contributed by atoms with Crippen molar-refractivity contribution in [2.24, 2.45) is 5.73 Å². The monoisotopic (exact) mass is 235 g/mol. The highest BCUT2D eigenvalue weighted by molar-refractivity contribution is 7.87. The summed E-state index contributed by atoms with van der Waals surface area (Å²) in [5, 5.41) is 0. The average molecular weight is 235 g/mol. The van der Waals surface area contributed by atoms with Crippen molar-refractivity contribution < 1.29 is 8.42 Å². The molecule has 15 heavy (non-hydrogen) atoms. The van der Waals surface area contributed by atoms with Crippen molar-refractivity contribution in [1.82, 2.24) is 9.03 Å². The summed E-state index contributed by atoms with van der Waals surface area (Å²) < 4.78 is 28.0. The van der Waals surface area contributed by atoms with Gasteiger partial charge in [-0.3, -0.25) is 0 Å². The Balaban J connectivity index is 2.68. The van der Waals surface area contributed by atoms with Crippen molar-refractivity contribution in [3.05, 3.63) is 0 Å². The van der Waals surface area contributed by atoms with E-state index >= 15 is 0 Å². The maximum absolute atomic E-state index is 11.9. The largest absolute Gasteiger partial charge is 0.329 e. The van der Waals surface area contributed by atoms with Crippen LogP contribution in [0.3, 0.4) is 0 Å². The molecule has 0 atom stereocenters. The number of hydrogen-bond donors (Lipinski definition) is 2. The summed E-state index contributed by atoms with van der Waals surface area (Å²) >= 11 is 0. The zero-order valence-electron chi connectivity index (χ0n) is 9.44. The van der Waals surface area contributed by atoms with Crippen LogP contribution >= 0.6 is 0 Å². The molecule has 0 aromatic heterocycles. The van der Waals surface area contributed by atoms with E-state index in [0.29, 0.717) is 13.1 Å². The summed E-state index contributed by atoms with van der Waals surface area (Å²) in [6.07, 6.45) is 3.03. The number of nitrogens with zero attached hydrogens (tertiary/aromatic N) is 1. The third kappa shape index (κ3) is 3.41. The second-order valence-corrected chi connectivity index (χ2v) is 5.92. The number of hydrogen-bond acceptors (Lipinski definition) is 3. The van der Waals surface area contributed by atoms with Gasteiger partial charge in [-0.15, -0.1) is 0 Å². The third-order valence-electron chi connectivity index (χ3n) is 2.52. The quantitative estimate of drug-likeness (QED) is 0.682. The molecule has 0 radical (unpaired) electrons. The minimum Gasteiger partial charge on any atom is -0.329 e. The lowest BCUT2D eigenvalue weighted by atomic mass is 9.93. The highest BCUT2D eigenvalue weighted by Gasteiger charge is 2.33. The molecule has 0 saturated heterocycles. The van der Waals surface area contributed by atoms with E-state index < -0.39 is 10.2 Å². The second kappa shape index (κ2) is 5.25. The van der Waals surface area contributed by atoms with Gasteiger partial charge < -0.3 is 5.73 Å². The minimum absolute atomic E-state index is 0.0737. The van der Waals surface area contributed by atoms with E-state index in [1.54, 1.807) is 0 Å². The molecular weight excluding hydrogens is 214 g/mol. The summed E-state index contributed by atoms with van der Waals surface area (Å²) in [6, 6.07) is 0.0835. The van der Waals surface area contributed by atoms with Gasteiger partial charge in [0.25, 0.3) is 10.2 Å². The van der Waals surface area contributed by atoms with Crippen LogP contribution in [0.1, 0.15) is 33.1 Å². The average Bonchev–Trinajstić information content (AvgIpc) is 1.97. The van der Waals surface area contributed by atoms with Crippen LogP contribution in [0.15, 0.2) is 0 Å². The van der Waals surface area contributed by atoms with E-state index in [0.717, 1.165) is 19.3 Å². The molecule has 0 aliphatic heterocycles. The topological polar surface area (TPSA) is 75.4 Å². The van der Waals surface area contributed by atoms with Crippen LogP contribution in [0.5, 0.6) is 0 Å². The van der Waals surface area contributed by atoms with Gasteiger partial charge in [0.05, 0.1) is 0 Å². The van der Waals surface area contributed by atoms with Crippen LogP contribution in [0.4, 0.5) is 0 Å². The fourth-order valence-corrected chi connectivity index (χ4v) is 3.35. The molecular formula is C9H21N3O2S. The Morgan fingerprint density at radius 3 is 2.40 bits per heavy atom. The Hall–Kier alpha value is -0.170. The fourth-order valence-electron chi connectivity index (χ4n) is 1.67. The Morgan fingerprint density at radius 2 is 2.07 bits per heavy atom. The summed E-state index contributed by atoms with van der Waals surface area (Å²) in [6.45, 7) is 4.42. The number of nitrogens with one attached hydrogen (secondary N) is 1. The molecule has 5 nitrogen and oxygen atoms in total. The van der Waals surface area contributed by atoms with Gasteiger partial charge in [-0.2, -0.15) is 17.4 Å². The van der Waals surface area contributed by atoms with E-state index in [4.69, 9.17) is 5.73 Å². The van der Waals surface area contributed by atoms with Crippen molar-refractivity contribution >= 4 is 10.2 Å². The molecule has 1 saturated carbocycles. The predicted octanol–water partition coefficient (Wildman–Crippen LogP) is 0.0424. The molecule has 6 heteroatoms. The van der Waals surface area contributed by atoms with Crippen molar-refractivity contribution in [3.63, 3.8) is 0 Å². The first-order chi connectivity index (χ1) is 6.97. The Morgan fingerprint density at radius 1 is 1.47 bits per heavy atom. The Kier molecular flexibility index (Phi) is 4.51. The van der Waals surface area contributed by atoms with Crippen molar-refractivity contribution in [2.45, 2.75) is 45.2 Å². The third-order valence-corrected chi connectivity index (χ3v) is 4.39. The molecule has 1 fully saturated rings. The molecule has 0 unspecified atom stereocenters. The van der Waals surface area contributed by atoms with Gasteiger partial charge in [0, 0.05) is 25.2 Å². The van der Waals surface area contributed by atoms with Gasteiger partial charge in [0.1, 0.15) is 0 Å². The first-order valence-corrected chi connectivity index (χ1v) is 6.90. The molecule has 1 aliphatic carbocycles. The number of rotatable bonds is 6. The van der Waals surface area contributed by atoms with Gasteiger partial charge in [-0.25, -0.2) is 0 Å². The molecule has 1 rings (SSSR count). The van der Waals surface area contributed by atoms with E-state index in [1.165, 1.54) is 4.31 Å². The molecule has 0 spiro atoms. The smallest absolute Gasteiger partial charge is 0.279 e. The molecule has 0 bridgehead atoms. The highest BCUT2D eigenvalue weighted by atomic mass is 32.2. The summed E-state index contributed by atoms with van der Waals surface area (Å²) in [4.78, 5) is 0. The SMILES string of the molecule is CC(C)NS(=O)(=O)N(CCN)C1CCC1. The molecule has 0 aromatic carbocycles. The van der Waals surface area contributed by atoms with Crippen LogP contribution < -0.4 is 10.5 Å². The van der Waals surface area contributed by atoms with E-state index in [9.17, 15) is 8.42 Å². The molecule has 0 heterocycles. The van der Waals surface area contributed by atoms with Crippen molar-refractivity contribution in [2.75, 3.05) is 13.1 Å². The second-order valence-electron chi connectivity index (χ2n) is 4.26. The van der Waals surface area contributed by atoms with E-state index in [-0.39, 0.29) is 12.1 Å². The summed E-state index contributed by atoms with van der Waals surface area (Å²) in [5.41, 5.74) is 5.44. The van der Waals surface area contributed by atoms with Crippen LogP contribution in [0.25, 0.3) is 0 Å². The summed E-state index contributed by atoms with van der Waals surface area (Å²) in [5.74, 6) is 0. The van der Waals surface area contributed by atoms with Crippen molar-refractivity contribution in [1.29, 1.82) is 0 Å². The van der Waals surface area contributed by atoms with Gasteiger partial charge in [-0.1, -0.05) is 6.42 Å². The summed E-state index contributed by atoms with van der Waals surface area (Å²) in [7, 11) is -3.34. The maximum Gasteiger partial charge on any atom is 0.279 e. The maximum atomic E-state index is 11.9. The Bertz CT molecular complexity index is 286. The fraction of sp³-hybridized carbons (Fsp3) is 1.00. The lowest BCUT2D eigenvalue weighted by Crippen LogP contribution is -2.52. The molecule has 0 amide bonds. The minimum atomic E-state index is -3.34. The predicted molar refractivity (Wildman–Crippen MR) is 60.6 cm³/mol. The molecule has 90 valence electrons. The van der Waals surface area contributed by atoms with E-state index in [2.05, 4.69) is 4.72 Å². The van der Waals surface area contributed by atoms with E-state index in [1.807, 2.05) is 13.8 Å². The normalized spacial score (nSPS) is 18.5. The lowest BCUT2D eigenvalue weighted by Gasteiger charge is -2.36. The van der Waals surface area contributed by atoms with Crippen LogP contribution in [0.2, 0.25) is 0 Å². The number of nitrogens with two attached hydrogens (primary N) is 1.